The summed E-state index contributed by atoms with van der Waals surface area (Å²) in [7, 11) is 0. The molecule has 0 aliphatic carbocycles. The molecule has 1 amide bonds. The number of piperidine rings is 1. The van der Waals surface area contributed by atoms with Crippen molar-refractivity contribution in [3.8, 4) is 11.4 Å². The second-order valence-electron chi connectivity index (χ2n) is 8.37. The van der Waals surface area contributed by atoms with E-state index in [4.69, 9.17) is 4.42 Å². The highest BCUT2D eigenvalue weighted by Gasteiger charge is 2.35. The van der Waals surface area contributed by atoms with Gasteiger partial charge in [0.25, 0.3) is 5.91 Å². The van der Waals surface area contributed by atoms with Gasteiger partial charge in [-0.05, 0) is 46.6 Å². The van der Waals surface area contributed by atoms with Crippen LogP contribution in [0.25, 0.3) is 11.4 Å². The van der Waals surface area contributed by atoms with Crippen LogP contribution in [-0.2, 0) is 5.60 Å². The zero-order chi connectivity index (χ0) is 21.5. The number of aryl methyl sites for hydroxylation is 1. The third kappa shape index (κ3) is 3.89. The van der Waals surface area contributed by atoms with Crippen molar-refractivity contribution in [2.75, 3.05) is 6.54 Å². The van der Waals surface area contributed by atoms with E-state index in [2.05, 4.69) is 21.9 Å². The van der Waals surface area contributed by atoms with E-state index in [1.54, 1.807) is 32.3 Å². The van der Waals surface area contributed by atoms with Crippen molar-refractivity contribution in [3.05, 3.63) is 52.1 Å². The minimum atomic E-state index is -1.06. The number of likely N-dealkylation sites (tertiary alicyclic amines) is 1. The van der Waals surface area contributed by atoms with Crippen LogP contribution in [0.4, 0.5) is 0 Å². The Balaban J connectivity index is 1.60. The van der Waals surface area contributed by atoms with E-state index in [-0.39, 0.29) is 17.9 Å². The van der Waals surface area contributed by atoms with Crippen LogP contribution in [0.15, 0.2) is 33.6 Å². The lowest BCUT2D eigenvalue weighted by Gasteiger charge is -2.37. The van der Waals surface area contributed by atoms with Crippen molar-refractivity contribution in [1.29, 1.82) is 0 Å². The second-order valence-corrected chi connectivity index (χ2v) is 9.11. The molecule has 0 spiro atoms. The van der Waals surface area contributed by atoms with Gasteiger partial charge in [0, 0.05) is 41.3 Å². The number of hydrogen-bond donors (Lipinski definition) is 1. The minimum Gasteiger partial charge on any atom is -0.445 e. The molecule has 30 heavy (non-hydrogen) atoms. The number of carbonyl (C=O) groups excluding carboxylic acids is 1. The van der Waals surface area contributed by atoms with Crippen LogP contribution in [0.2, 0.25) is 0 Å². The van der Waals surface area contributed by atoms with Gasteiger partial charge in [0.15, 0.2) is 11.7 Å². The molecule has 1 aliphatic heterocycles. The Bertz CT molecular complexity index is 1040. The number of thiophene rings is 1. The number of nitrogens with zero attached hydrogens (tertiary/aromatic N) is 4. The van der Waals surface area contributed by atoms with Crippen LogP contribution in [0, 0.1) is 6.92 Å². The summed E-state index contributed by atoms with van der Waals surface area (Å²) in [6.07, 6.45) is 5.10. The average Bonchev–Trinajstić information content (AvgIpc) is 3.35. The first-order chi connectivity index (χ1) is 14.3. The fourth-order valence-corrected chi connectivity index (χ4v) is 4.78. The Hall–Kier alpha value is -2.58. The third-order valence-electron chi connectivity index (χ3n) is 5.58. The molecule has 158 valence electrons. The van der Waals surface area contributed by atoms with Crippen molar-refractivity contribution in [2.24, 2.45) is 0 Å². The Morgan fingerprint density at radius 1 is 1.27 bits per heavy atom. The Morgan fingerprint density at radius 3 is 2.67 bits per heavy atom. The van der Waals surface area contributed by atoms with Crippen LogP contribution in [0.1, 0.15) is 67.2 Å². The number of hydrogen-bond acceptors (Lipinski definition) is 7. The molecule has 0 saturated carbocycles. The maximum atomic E-state index is 13.5. The van der Waals surface area contributed by atoms with Crippen molar-refractivity contribution < 1.29 is 14.3 Å². The number of aliphatic hydroxyl groups is 1. The highest BCUT2D eigenvalue weighted by Crippen LogP contribution is 2.35. The topological polar surface area (TPSA) is 92.4 Å². The highest BCUT2D eigenvalue weighted by atomic mass is 32.1. The maximum absolute atomic E-state index is 13.5. The van der Waals surface area contributed by atoms with Crippen LogP contribution in [-0.4, -0.2) is 43.5 Å². The number of carbonyl (C=O) groups is 1. The van der Waals surface area contributed by atoms with Gasteiger partial charge in [0.1, 0.15) is 17.1 Å². The standard InChI is InChI=1S/C22H26N4O3S/c1-13-6-7-15(20-25-18(14(2)29-20)22(3,4)28)10-26(13)21(27)17-12-30-11-16(17)19-23-8-5-9-24-19/h5,8-9,11-13,15,28H,6-7,10H2,1-4H3. The third-order valence-corrected chi connectivity index (χ3v) is 6.33. The summed E-state index contributed by atoms with van der Waals surface area (Å²) in [6.45, 7) is 7.81. The highest BCUT2D eigenvalue weighted by molar-refractivity contribution is 7.08. The zero-order valence-electron chi connectivity index (χ0n) is 17.6. The smallest absolute Gasteiger partial charge is 0.255 e. The molecular formula is C22H26N4O3S. The number of aromatic nitrogens is 3. The first-order valence-electron chi connectivity index (χ1n) is 10.1. The first-order valence-corrected chi connectivity index (χ1v) is 11.0. The molecule has 1 fully saturated rings. The summed E-state index contributed by atoms with van der Waals surface area (Å²) in [5.41, 5.74) is 0.871. The van der Waals surface area contributed by atoms with Gasteiger partial charge in [0.2, 0.25) is 0 Å². The Morgan fingerprint density at radius 2 is 2.00 bits per heavy atom. The van der Waals surface area contributed by atoms with Gasteiger partial charge < -0.3 is 14.4 Å². The average molecular weight is 427 g/mol. The summed E-state index contributed by atoms with van der Waals surface area (Å²) in [5.74, 6) is 1.74. The van der Waals surface area contributed by atoms with Gasteiger partial charge >= 0.3 is 0 Å². The minimum absolute atomic E-state index is 0.00462. The Labute approximate surface area is 179 Å². The van der Waals surface area contributed by atoms with Crippen LogP contribution < -0.4 is 0 Å². The molecule has 0 radical (unpaired) electrons. The van der Waals surface area contributed by atoms with Gasteiger partial charge in [-0.1, -0.05) is 0 Å². The van der Waals surface area contributed by atoms with E-state index in [1.165, 1.54) is 11.3 Å². The van der Waals surface area contributed by atoms with Crippen LogP contribution in [0.5, 0.6) is 0 Å². The molecule has 8 heteroatoms. The molecule has 2 atom stereocenters. The molecule has 4 heterocycles. The van der Waals surface area contributed by atoms with E-state index in [0.29, 0.717) is 35.3 Å². The van der Waals surface area contributed by atoms with Crippen molar-refractivity contribution in [1.82, 2.24) is 19.9 Å². The quantitative estimate of drug-likeness (QED) is 0.674. The molecule has 1 saturated heterocycles. The van der Waals surface area contributed by atoms with E-state index in [1.807, 2.05) is 22.6 Å². The van der Waals surface area contributed by atoms with E-state index in [9.17, 15) is 9.90 Å². The molecule has 1 N–H and O–H groups in total. The first kappa shape index (κ1) is 20.7. The maximum Gasteiger partial charge on any atom is 0.255 e. The second kappa shape index (κ2) is 7.92. The molecule has 2 unspecified atom stereocenters. The monoisotopic (exact) mass is 426 g/mol. The van der Waals surface area contributed by atoms with Gasteiger partial charge in [-0.2, -0.15) is 11.3 Å². The summed E-state index contributed by atoms with van der Waals surface area (Å²) in [4.78, 5) is 28.5. The Kier molecular flexibility index (Phi) is 5.46. The summed E-state index contributed by atoms with van der Waals surface area (Å²) < 4.78 is 5.90. The van der Waals surface area contributed by atoms with Gasteiger partial charge in [-0.15, -0.1) is 0 Å². The zero-order valence-corrected chi connectivity index (χ0v) is 18.4. The molecule has 1 aliphatic rings. The predicted octanol–water partition coefficient (Wildman–Crippen LogP) is 4.14. The van der Waals surface area contributed by atoms with Gasteiger partial charge in [0.05, 0.1) is 11.5 Å². The van der Waals surface area contributed by atoms with E-state index in [0.717, 1.165) is 18.4 Å². The fourth-order valence-electron chi connectivity index (χ4n) is 3.98. The van der Waals surface area contributed by atoms with Gasteiger partial charge in [-0.3, -0.25) is 4.79 Å². The fraction of sp³-hybridized carbons (Fsp3) is 0.455. The lowest BCUT2D eigenvalue weighted by Crippen LogP contribution is -2.45. The van der Waals surface area contributed by atoms with E-state index < -0.39 is 5.60 Å². The molecule has 3 aromatic heterocycles. The van der Waals surface area contributed by atoms with Crippen LogP contribution in [0.3, 0.4) is 0 Å². The largest absolute Gasteiger partial charge is 0.445 e. The summed E-state index contributed by atoms with van der Waals surface area (Å²) in [6, 6.07) is 1.87. The molecule has 0 aromatic carbocycles. The number of oxazole rings is 1. The molecule has 4 rings (SSSR count). The SMILES string of the molecule is Cc1oc(C2CCC(C)N(C(=O)c3cscc3-c3ncccn3)C2)nc1C(C)(C)O. The molecule has 0 bridgehead atoms. The van der Waals surface area contributed by atoms with E-state index >= 15 is 0 Å². The van der Waals surface area contributed by atoms with Crippen molar-refractivity contribution >= 4 is 17.2 Å². The van der Waals surface area contributed by atoms with Crippen molar-refractivity contribution in [3.63, 3.8) is 0 Å². The predicted molar refractivity (Wildman–Crippen MR) is 114 cm³/mol. The van der Waals surface area contributed by atoms with Gasteiger partial charge in [-0.25, -0.2) is 15.0 Å². The van der Waals surface area contributed by atoms with Crippen molar-refractivity contribution in [2.45, 2.75) is 58.1 Å². The number of amides is 1. The lowest BCUT2D eigenvalue weighted by molar-refractivity contribution is 0.0596. The molecular weight excluding hydrogens is 400 g/mol. The normalized spacial score (nSPS) is 19.8. The molecule has 3 aromatic rings. The van der Waals surface area contributed by atoms with Crippen LogP contribution >= 0.6 is 11.3 Å². The lowest BCUT2D eigenvalue weighted by atomic mass is 9.92. The summed E-state index contributed by atoms with van der Waals surface area (Å²) >= 11 is 1.47. The summed E-state index contributed by atoms with van der Waals surface area (Å²) in [5, 5.41) is 14.1. The molecule has 7 nitrogen and oxygen atoms in total. The number of rotatable bonds is 4.